The Balaban J connectivity index is 1.64. The highest BCUT2D eigenvalue weighted by atomic mass is 16.5. The van der Waals surface area contributed by atoms with Crippen molar-refractivity contribution < 1.29 is 4.74 Å². The van der Waals surface area contributed by atoms with Crippen LogP contribution < -0.4 is 4.74 Å². The molecule has 1 aliphatic heterocycles. The smallest absolute Gasteiger partial charge is 0.302 e. The van der Waals surface area contributed by atoms with E-state index in [2.05, 4.69) is 53.0 Å². The second-order valence-electron chi connectivity index (χ2n) is 8.49. The monoisotopic (exact) mass is 423 g/mol. The van der Waals surface area contributed by atoms with Gasteiger partial charge >= 0.3 is 6.01 Å². The summed E-state index contributed by atoms with van der Waals surface area (Å²) in [6.45, 7) is 12.1. The van der Waals surface area contributed by atoms with Gasteiger partial charge in [-0.05, 0) is 38.1 Å². The summed E-state index contributed by atoms with van der Waals surface area (Å²) in [6.07, 6.45) is 4.83. The molecule has 6 heteroatoms. The third-order valence-electron chi connectivity index (χ3n) is 6.06. The number of aromatic nitrogens is 3. The van der Waals surface area contributed by atoms with Crippen LogP contribution in [0, 0.1) is 19.4 Å². The Labute approximate surface area is 187 Å². The fraction of sp³-hybridized carbons (Fsp3) is 0.269. The predicted octanol–water partition coefficient (Wildman–Crippen LogP) is 5.25. The Kier molecular flexibility index (Phi) is 5.34. The van der Waals surface area contributed by atoms with Gasteiger partial charge in [0.2, 0.25) is 0 Å². The van der Waals surface area contributed by atoms with E-state index in [9.17, 15) is 0 Å². The minimum Gasteiger partial charge on any atom is -0.464 e. The lowest BCUT2D eigenvalue weighted by molar-refractivity contribution is 0.230. The van der Waals surface area contributed by atoms with Crippen LogP contribution in [-0.4, -0.2) is 46.0 Å². The van der Waals surface area contributed by atoms with E-state index in [4.69, 9.17) is 16.3 Å². The molecule has 32 heavy (non-hydrogen) atoms. The fourth-order valence-corrected chi connectivity index (χ4v) is 4.30. The van der Waals surface area contributed by atoms with Gasteiger partial charge in [-0.25, -0.2) is 9.83 Å². The van der Waals surface area contributed by atoms with Gasteiger partial charge in [0.15, 0.2) is 11.3 Å². The molecule has 0 radical (unpaired) electrons. The Morgan fingerprint density at radius 1 is 1.09 bits per heavy atom. The number of fused-ring (bicyclic) bond motifs is 1. The molecular formula is C26H25N5O. The van der Waals surface area contributed by atoms with Gasteiger partial charge in [-0.3, -0.25) is 4.40 Å². The Bertz CT molecular complexity index is 1290. The maximum Gasteiger partial charge on any atom is 0.302 e. The standard InChI is InChI=1S/C26H25N5O/c1-18-4-6-20(7-5-18)23-24(21-8-10-22(27-2)11-9-21)29-26(31-15-13-28-25(23)31)32-17-19-12-14-30(3)16-19/h4-11,13,15,19H,12,14,16-17H2,1,3H3/t19-/m1/s1. The molecule has 0 spiro atoms. The molecule has 0 amide bonds. The zero-order chi connectivity index (χ0) is 22.1. The summed E-state index contributed by atoms with van der Waals surface area (Å²) in [6, 6.07) is 16.5. The SMILES string of the molecule is [C-]#[N+]c1ccc(-c2nc(OC[C@@H]3CCN(C)C3)n3ccnc3c2-c2ccc(C)cc2)cc1. The van der Waals surface area contributed by atoms with Crippen LogP contribution >= 0.6 is 0 Å². The van der Waals surface area contributed by atoms with Crippen molar-refractivity contribution in [2.75, 3.05) is 26.7 Å². The molecule has 2 aromatic carbocycles. The van der Waals surface area contributed by atoms with Crippen molar-refractivity contribution in [2.24, 2.45) is 5.92 Å². The van der Waals surface area contributed by atoms with Crippen molar-refractivity contribution in [1.29, 1.82) is 0 Å². The molecule has 0 bridgehead atoms. The number of ether oxygens (including phenoxy) is 1. The van der Waals surface area contributed by atoms with Gasteiger partial charge in [-0.1, -0.05) is 54.1 Å². The van der Waals surface area contributed by atoms with Crippen LogP contribution in [0.25, 0.3) is 32.9 Å². The van der Waals surface area contributed by atoms with Crippen molar-refractivity contribution in [2.45, 2.75) is 13.3 Å². The molecule has 4 aromatic rings. The minimum atomic E-state index is 0.499. The third-order valence-corrected chi connectivity index (χ3v) is 6.06. The summed E-state index contributed by atoms with van der Waals surface area (Å²) in [5.41, 5.74) is 6.36. The largest absolute Gasteiger partial charge is 0.464 e. The number of rotatable bonds is 5. The first-order valence-electron chi connectivity index (χ1n) is 10.9. The molecule has 0 saturated carbocycles. The Morgan fingerprint density at radius 3 is 2.53 bits per heavy atom. The average molecular weight is 424 g/mol. The van der Waals surface area contributed by atoms with E-state index in [0.29, 0.717) is 24.2 Å². The highest BCUT2D eigenvalue weighted by Crippen LogP contribution is 2.36. The van der Waals surface area contributed by atoms with E-state index in [1.807, 2.05) is 34.9 Å². The van der Waals surface area contributed by atoms with E-state index in [-0.39, 0.29) is 0 Å². The van der Waals surface area contributed by atoms with E-state index >= 15 is 0 Å². The summed E-state index contributed by atoms with van der Waals surface area (Å²) in [5, 5.41) is 0. The first-order chi connectivity index (χ1) is 15.6. The number of likely N-dealkylation sites (tertiary alicyclic amines) is 1. The lowest BCUT2D eigenvalue weighted by Gasteiger charge is -2.17. The molecule has 160 valence electrons. The van der Waals surface area contributed by atoms with Crippen molar-refractivity contribution in [3.63, 3.8) is 0 Å². The molecule has 5 rings (SSSR count). The highest BCUT2D eigenvalue weighted by Gasteiger charge is 2.23. The molecule has 0 unspecified atom stereocenters. The van der Waals surface area contributed by atoms with E-state index in [1.165, 1.54) is 5.56 Å². The van der Waals surface area contributed by atoms with E-state index in [0.717, 1.165) is 47.5 Å². The van der Waals surface area contributed by atoms with Gasteiger partial charge in [0.1, 0.15) is 0 Å². The van der Waals surface area contributed by atoms with Crippen LogP contribution in [-0.2, 0) is 0 Å². The van der Waals surface area contributed by atoms with Gasteiger partial charge < -0.3 is 9.64 Å². The summed E-state index contributed by atoms with van der Waals surface area (Å²) >= 11 is 0. The van der Waals surface area contributed by atoms with Gasteiger partial charge in [0, 0.05) is 24.9 Å². The molecule has 6 nitrogen and oxygen atoms in total. The number of imidazole rings is 1. The van der Waals surface area contributed by atoms with Crippen LogP contribution in [0.3, 0.4) is 0 Å². The lowest BCUT2D eigenvalue weighted by atomic mass is 9.99. The van der Waals surface area contributed by atoms with Gasteiger partial charge in [-0.2, -0.15) is 4.98 Å². The maximum atomic E-state index is 7.26. The molecular weight excluding hydrogens is 398 g/mol. The fourth-order valence-electron chi connectivity index (χ4n) is 4.30. The number of aryl methyl sites for hydroxylation is 1. The van der Waals surface area contributed by atoms with Gasteiger partial charge in [0.25, 0.3) is 0 Å². The Morgan fingerprint density at radius 2 is 1.84 bits per heavy atom. The highest BCUT2D eigenvalue weighted by molar-refractivity contribution is 5.90. The number of hydrogen-bond acceptors (Lipinski definition) is 4. The third kappa shape index (κ3) is 3.83. The molecule has 2 aromatic heterocycles. The normalized spacial score (nSPS) is 16.3. The van der Waals surface area contributed by atoms with Gasteiger partial charge in [0.05, 0.1) is 24.4 Å². The minimum absolute atomic E-state index is 0.499. The van der Waals surface area contributed by atoms with Crippen LogP contribution in [0.15, 0.2) is 60.9 Å². The molecule has 1 saturated heterocycles. The lowest BCUT2D eigenvalue weighted by Crippen LogP contribution is -2.19. The molecule has 0 aliphatic carbocycles. The second kappa shape index (κ2) is 8.45. The molecule has 1 fully saturated rings. The van der Waals surface area contributed by atoms with Gasteiger partial charge in [-0.15, -0.1) is 0 Å². The maximum absolute atomic E-state index is 7.26. The first-order valence-corrected chi connectivity index (χ1v) is 10.9. The Hall–Kier alpha value is -3.69. The second-order valence-corrected chi connectivity index (χ2v) is 8.49. The van der Waals surface area contributed by atoms with Crippen molar-refractivity contribution in [1.82, 2.24) is 19.3 Å². The molecule has 0 N–H and O–H groups in total. The van der Waals surface area contributed by atoms with Crippen LogP contribution in [0.1, 0.15) is 12.0 Å². The number of nitrogens with zero attached hydrogens (tertiary/aromatic N) is 5. The average Bonchev–Trinajstić information content (AvgIpc) is 3.47. The molecule has 1 atom stereocenters. The summed E-state index contributed by atoms with van der Waals surface area (Å²) in [7, 11) is 2.15. The van der Waals surface area contributed by atoms with Crippen molar-refractivity contribution in [3.05, 3.63) is 77.9 Å². The van der Waals surface area contributed by atoms with Crippen LogP contribution in [0.2, 0.25) is 0 Å². The van der Waals surface area contributed by atoms with E-state index < -0.39 is 0 Å². The summed E-state index contributed by atoms with van der Waals surface area (Å²) in [4.78, 5) is 15.5. The number of benzene rings is 2. The van der Waals surface area contributed by atoms with Crippen molar-refractivity contribution >= 4 is 11.3 Å². The summed E-state index contributed by atoms with van der Waals surface area (Å²) < 4.78 is 8.20. The first kappa shape index (κ1) is 20.2. The number of hydrogen-bond donors (Lipinski definition) is 0. The quantitative estimate of drug-likeness (QED) is 0.411. The molecule has 1 aliphatic rings. The topological polar surface area (TPSA) is 47.0 Å². The van der Waals surface area contributed by atoms with E-state index in [1.54, 1.807) is 6.20 Å². The van der Waals surface area contributed by atoms with Crippen LogP contribution in [0.4, 0.5) is 5.69 Å². The molecule has 3 heterocycles. The predicted molar refractivity (Wildman–Crippen MR) is 126 cm³/mol. The van der Waals surface area contributed by atoms with Crippen LogP contribution in [0.5, 0.6) is 6.01 Å². The zero-order valence-corrected chi connectivity index (χ0v) is 18.3. The summed E-state index contributed by atoms with van der Waals surface area (Å²) in [5.74, 6) is 0.499. The zero-order valence-electron chi connectivity index (χ0n) is 18.3. The van der Waals surface area contributed by atoms with Crippen molar-refractivity contribution in [3.8, 4) is 28.4 Å².